The van der Waals surface area contributed by atoms with Gasteiger partial charge >= 0.3 is 5.97 Å². The van der Waals surface area contributed by atoms with Crippen molar-refractivity contribution in [3.63, 3.8) is 0 Å². The number of carboxylic acids is 1. The number of carbonyl (C=O) groups is 1. The van der Waals surface area contributed by atoms with E-state index in [4.69, 9.17) is 4.74 Å². The number of piperidine rings is 1. The Hall–Kier alpha value is -2.83. The van der Waals surface area contributed by atoms with E-state index in [9.17, 15) is 15.0 Å². The summed E-state index contributed by atoms with van der Waals surface area (Å²) >= 11 is 0. The number of aromatic nitrogens is 1. The van der Waals surface area contributed by atoms with Gasteiger partial charge in [0, 0.05) is 35.2 Å². The number of hydrogen-bond donors (Lipinski definition) is 3. The summed E-state index contributed by atoms with van der Waals surface area (Å²) < 4.78 is 5.79. The maximum absolute atomic E-state index is 11.4. The van der Waals surface area contributed by atoms with Gasteiger partial charge in [0.1, 0.15) is 5.75 Å². The Labute approximate surface area is 194 Å². The fourth-order valence-corrected chi connectivity index (χ4v) is 6.41. The van der Waals surface area contributed by atoms with Crippen LogP contribution in [0.2, 0.25) is 0 Å². The molecule has 0 radical (unpaired) electrons. The smallest absolute Gasteiger partial charge is 0.335 e. The number of H-pyrrole nitrogens is 1. The molecule has 0 amide bonds. The Bertz CT molecular complexity index is 1190. The second-order valence-electron chi connectivity index (χ2n) is 10.4. The maximum atomic E-state index is 11.4. The molecule has 2 fully saturated rings. The minimum atomic E-state index is -0.909. The Morgan fingerprint density at radius 3 is 2.61 bits per heavy atom. The molecule has 3 aromatic rings. The summed E-state index contributed by atoms with van der Waals surface area (Å²) in [6, 6.07) is 11.7. The molecule has 33 heavy (non-hydrogen) atoms. The summed E-state index contributed by atoms with van der Waals surface area (Å²) in [4.78, 5) is 17.2. The van der Waals surface area contributed by atoms with Gasteiger partial charge in [-0.15, -0.1) is 0 Å². The van der Waals surface area contributed by atoms with Gasteiger partial charge in [0.05, 0.1) is 18.3 Å². The zero-order chi connectivity index (χ0) is 23.4. The fourth-order valence-electron chi connectivity index (χ4n) is 6.41. The van der Waals surface area contributed by atoms with Crippen LogP contribution in [0, 0.1) is 12.3 Å². The summed E-state index contributed by atoms with van der Waals surface area (Å²) in [5.74, 6) is -0.0146. The number of rotatable bonds is 5. The van der Waals surface area contributed by atoms with Crippen LogP contribution < -0.4 is 4.74 Å². The number of likely N-dealkylation sites (tertiary alicyclic amines) is 1. The molecule has 1 aliphatic carbocycles. The number of fused-ring (bicyclic) bond motifs is 1. The van der Waals surface area contributed by atoms with Gasteiger partial charge in [-0.3, -0.25) is 4.90 Å². The van der Waals surface area contributed by atoms with E-state index in [2.05, 4.69) is 28.9 Å². The molecule has 0 unspecified atom stereocenters. The molecule has 2 heterocycles. The highest BCUT2D eigenvalue weighted by atomic mass is 16.5. The molecule has 174 valence electrons. The highest BCUT2D eigenvalue weighted by Crippen LogP contribution is 2.58. The lowest BCUT2D eigenvalue weighted by atomic mass is 9.54. The van der Waals surface area contributed by atoms with E-state index >= 15 is 0 Å². The highest BCUT2D eigenvalue weighted by Gasteiger charge is 2.54. The van der Waals surface area contributed by atoms with Gasteiger partial charge in [0.15, 0.2) is 0 Å². The number of carboxylic acid groups (broad SMARTS) is 1. The van der Waals surface area contributed by atoms with Crippen molar-refractivity contribution in [1.29, 1.82) is 0 Å². The Kier molecular flexibility index (Phi) is 5.26. The fraction of sp³-hybridized carbons (Fsp3) is 0.444. The number of benzene rings is 2. The van der Waals surface area contributed by atoms with Crippen molar-refractivity contribution >= 4 is 16.9 Å². The standard InChI is InChI=1S/C27H32N2O4/c1-17-12-23(33-3)21(20-8-10-28-24(17)20)14-29-11-9-27(15-26(2,32)16-27)13-22(29)18-4-6-19(7-5-18)25(30)31/h4-8,10,12,22,28,32H,9,11,13-16H2,1-3H3,(H,30,31)/t22-,26?,27?/m0/s1. The molecule has 2 aliphatic rings. The zero-order valence-corrected chi connectivity index (χ0v) is 19.5. The second kappa shape index (κ2) is 7.89. The Morgan fingerprint density at radius 2 is 1.97 bits per heavy atom. The maximum Gasteiger partial charge on any atom is 0.335 e. The van der Waals surface area contributed by atoms with Crippen LogP contribution in [0.25, 0.3) is 10.9 Å². The molecular formula is C27H32N2O4. The number of methoxy groups -OCH3 is 1. The largest absolute Gasteiger partial charge is 0.496 e. The van der Waals surface area contributed by atoms with Crippen LogP contribution in [-0.4, -0.2) is 45.3 Å². The lowest BCUT2D eigenvalue weighted by Crippen LogP contribution is -2.55. The van der Waals surface area contributed by atoms with Gasteiger partial charge < -0.3 is 19.9 Å². The van der Waals surface area contributed by atoms with E-state index in [0.717, 1.165) is 61.2 Å². The third-order valence-electron chi connectivity index (χ3n) is 7.74. The summed E-state index contributed by atoms with van der Waals surface area (Å²) in [5.41, 5.74) is 4.47. The predicted molar refractivity (Wildman–Crippen MR) is 128 cm³/mol. The summed E-state index contributed by atoms with van der Waals surface area (Å²) in [7, 11) is 1.72. The van der Waals surface area contributed by atoms with Gasteiger partial charge in [-0.25, -0.2) is 4.79 Å². The van der Waals surface area contributed by atoms with Crippen molar-refractivity contribution in [2.75, 3.05) is 13.7 Å². The van der Waals surface area contributed by atoms with E-state index in [1.165, 1.54) is 10.9 Å². The molecule has 1 spiro atoms. The first-order chi connectivity index (χ1) is 15.7. The normalized spacial score (nSPS) is 27.6. The van der Waals surface area contributed by atoms with Crippen molar-refractivity contribution in [2.45, 2.75) is 57.7 Å². The number of hydrogen-bond acceptors (Lipinski definition) is 4. The minimum Gasteiger partial charge on any atom is -0.496 e. The number of nitrogens with zero attached hydrogens (tertiary/aromatic N) is 1. The van der Waals surface area contributed by atoms with E-state index < -0.39 is 11.6 Å². The molecule has 1 saturated carbocycles. The molecule has 1 atom stereocenters. The number of ether oxygens (including phenoxy) is 1. The molecule has 1 aromatic heterocycles. The molecule has 2 aromatic carbocycles. The minimum absolute atomic E-state index is 0.150. The van der Waals surface area contributed by atoms with Crippen LogP contribution in [0.15, 0.2) is 42.6 Å². The quantitative estimate of drug-likeness (QED) is 0.508. The molecule has 5 rings (SSSR count). The van der Waals surface area contributed by atoms with E-state index in [0.29, 0.717) is 5.56 Å². The summed E-state index contributed by atoms with van der Waals surface area (Å²) in [6.07, 6.45) is 5.64. The van der Waals surface area contributed by atoms with Crippen LogP contribution in [0.3, 0.4) is 0 Å². The Morgan fingerprint density at radius 1 is 1.24 bits per heavy atom. The summed E-state index contributed by atoms with van der Waals surface area (Å²) in [5, 5.41) is 21.0. The number of nitrogens with one attached hydrogen (secondary N) is 1. The van der Waals surface area contributed by atoms with E-state index in [1.54, 1.807) is 19.2 Å². The number of aliphatic hydroxyl groups is 1. The van der Waals surface area contributed by atoms with Gasteiger partial charge in [0.2, 0.25) is 0 Å². The number of aromatic carboxylic acids is 1. The molecule has 1 saturated heterocycles. The van der Waals surface area contributed by atoms with Crippen molar-refractivity contribution in [3.8, 4) is 5.75 Å². The van der Waals surface area contributed by atoms with Crippen LogP contribution in [0.5, 0.6) is 5.75 Å². The molecule has 6 nitrogen and oxygen atoms in total. The zero-order valence-electron chi connectivity index (χ0n) is 19.5. The average molecular weight is 449 g/mol. The predicted octanol–water partition coefficient (Wildman–Crippen LogP) is 5.05. The molecule has 3 N–H and O–H groups in total. The number of aryl methyl sites for hydroxylation is 1. The van der Waals surface area contributed by atoms with Crippen molar-refractivity contribution < 1.29 is 19.7 Å². The first-order valence-electron chi connectivity index (χ1n) is 11.6. The third-order valence-corrected chi connectivity index (χ3v) is 7.74. The van der Waals surface area contributed by atoms with Gasteiger partial charge in [0.25, 0.3) is 0 Å². The third kappa shape index (κ3) is 3.91. The average Bonchev–Trinajstić information content (AvgIpc) is 3.26. The lowest BCUT2D eigenvalue weighted by Gasteiger charge is -2.58. The second-order valence-corrected chi connectivity index (χ2v) is 10.4. The lowest BCUT2D eigenvalue weighted by molar-refractivity contribution is -0.148. The van der Waals surface area contributed by atoms with Crippen LogP contribution >= 0.6 is 0 Å². The van der Waals surface area contributed by atoms with Gasteiger partial charge in [-0.1, -0.05) is 12.1 Å². The van der Waals surface area contributed by atoms with Crippen molar-refractivity contribution in [2.24, 2.45) is 5.41 Å². The summed E-state index contributed by atoms with van der Waals surface area (Å²) in [6.45, 7) is 5.69. The molecule has 1 aliphatic heterocycles. The van der Waals surface area contributed by atoms with Crippen LogP contribution in [0.1, 0.15) is 65.7 Å². The van der Waals surface area contributed by atoms with Gasteiger partial charge in [-0.05, 0) is 86.9 Å². The van der Waals surface area contributed by atoms with Crippen LogP contribution in [-0.2, 0) is 6.54 Å². The SMILES string of the molecule is COc1cc(C)c2[nH]ccc2c1CN1CCC2(C[C@H]1c1ccc(C(=O)O)cc1)CC(C)(O)C2. The molecule has 6 heteroatoms. The number of aromatic amines is 1. The van der Waals surface area contributed by atoms with Gasteiger partial charge in [-0.2, -0.15) is 0 Å². The first kappa shape index (κ1) is 22.0. The highest BCUT2D eigenvalue weighted by molar-refractivity contribution is 5.88. The topological polar surface area (TPSA) is 85.8 Å². The first-order valence-corrected chi connectivity index (χ1v) is 11.6. The monoisotopic (exact) mass is 448 g/mol. The van der Waals surface area contributed by atoms with E-state index in [1.807, 2.05) is 25.3 Å². The van der Waals surface area contributed by atoms with Crippen molar-refractivity contribution in [1.82, 2.24) is 9.88 Å². The van der Waals surface area contributed by atoms with Crippen molar-refractivity contribution in [3.05, 3.63) is 64.8 Å². The Balaban J connectivity index is 1.50. The van der Waals surface area contributed by atoms with E-state index in [-0.39, 0.29) is 11.5 Å². The van der Waals surface area contributed by atoms with Crippen LogP contribution in [0.4, 0.5) is 0 Å². The molecule has 0 bridgehead atoms. The molecular weight excluding hydrogens is 416 g/mol.